The first-order valence-corrected chi connectivity index (χ1v) is 11.5. The van der Waals surface area contributed by atoms with Crippen LogP contribution in [0.25, 0.3) is 11.1 Å². The summed E-state index contributed by atoms with van der Waals surface area (Å²) in [7, 11) is 3.84. The molecule has 4 rings (SSSR count). The quantitative estimate of drug-likeness (QED) is 0.520. The first-order valence-electron chi connectivity index (χ1n) is 11.5. The Bertz CT molecular complexity index is 1070. The summed E-state index contributed by atoms with van der Waals surface area (Å²) in [6.45, 7) is 0.733. The van der Waals surface area contributed by atoms with Crippen LogP contribution in [0.3, 0.4) is 0 Å². The van der Waals surface area contributed by atoms with Gasteiger partial charge in [0.25, 0.3) is 0 Å². The van der Waals surface area contributed by atoms with Gasteiger partial charge in [0.15, 0.2) is 0 Å². The average Bonchev–Trinajstić information content (AvgIpc) is 2.85. The molecule has 1 atom stereocenters. The van der Waals surface area contributed by atoms with Gasteiger partial charge in [0.2, 0.25) is 11.9 Å². The number of halogens is 1. The van der Waals surface area contributed by atoms with Crippen molar-refractivity contribution in [2.75, 3.05) is 25.5 Å². The molecule has 1 fully saturated rings. The molecule has 7 heteroatoms. The summed E-state index contributed by atoms with van der Waals surface area (Å²) in [5, 5.41) is 0. The lowest BCUT2D eigenvalue weighted by Gasteiger charge is -2.36. The van der Waals surface area contributed by atoms with Crippen molar-refractivity contribution in [2.24, 2.45) is 0 Å². The minimum Gasteiger partial charge on any atom is -0.347 e. The number of rotatable bonds is 7. The molecular formula is C26H30FN5O. The van der Waals surface area contributed by atoms with E-state index < -0.39 is 0 Å². The van der Waals surface area contributed by atoms with Gasteiger partial charge in [-0.05, 0) is 67.5 Å². The zero-order valence-electron chi connectivity index (χ0n) is 19.2. The number of likely N-dealkylation sites (tertiary alicyclic amines) is 1. The molecule has 0 saturated carbocycles. The second kappa shape index (κ2) is 10.5. The standard InChI is InChI=1S/C26H30FN5O/c1-31(2)26-29-18-22(20-13-15-28-16-14-20)25(30-26)23-7-3-4-17-32(23)24(33)8-5-6-19-9-11-21(27)12-10-19/h9-16,18,23H,3-8,17H2,1-2H3/t23-/m0/s1. The van der Waals surface area contributed by atoms with E-state index in [4.69, 9.17) is 4.98 Å². The van der Waals surface area contributed by atoms with Gasteiger partial charge < -0.3 is 9.80 Å². The predicted molar refractivity (Wildman–Crippen MR) is 127 cm³/mol. The highest BCUT2D eigenvalue weighted by Crippen LogP contribution is 2.36. The van der Waals surface area contributed by atoms with Crippen molar-refractivity contribution in [1.82, 2.24) is 19.9 Å². The minimum absolute atomic E-state index is 0.0815. The zero-order chi connectivity index (χ0) is 23.2. The van der Waals surface area contributed by atoms with Crippen LogP contribution in [0.2, 0.25) is 0 Å². The molecule has 1 amide bonds. The number of hydrogen-bond donors (Lipinski definition) is 0. The second-order valence-electron chi connectivity index (χ2n) is 8.68. The molecule has 0 radical (unpaired) electrons. The molecule has 2 aromatic heterocycles. The van der Waals surface area contributed by atoms with Gasteiger partial charge in [0, 0.05) is 51.2 Å². The van der Waals surface area contributed by atoms with Gasteiger partial charge in [0.05, 0.1) is 11.7 Å². The number of piperidine rings is 1. The third kappa shape index (κ3) is 5.53. The highest BCUT2D eigenvalue weighted by atomic mass is 19.1. The van der Waals surface area contributed by atoms with E-state index in [1.54, 1.807) is 24.5 Å². The minimum atomic E-state index is -0.238. The summed E-state index contributed by atoms with van der Waals surface area (Å²) >= 11 is 0. The maximum Gasteiger partial charge on any atom is 0.225 e. The van der Waals surface area contributed by atoms with E-state index in [2.05, 4.69) is 9.97 Å². The number of pyridine rings is 1. The smallest absolute Gasteiger partial charge is 0.225 e. The lowest BCUT2D eigenvalue weighted by molar-refractivity contribution is -0.135. The van der Waals surface area contributed by atoms with Crippen LogP contribution in [0.15, 0.2) is 55.0 Å². The first-order chi connectivity index (χ1) is 16.0. The molecule has 0 unspecified atom stereocenters. The zero-order valence-corrected chi connectivity index (χ0v) is 19.2. The predicted octanol–water partition coefficient (Wildman–Crippen LogP) is 4.82. The van der Waals surface area contributed by atoms with Gasteiger partial charge in [-0.3, -0.25) is 9.78 Å². The van der Waals surface area contributed by atoms with E-state index in [1.165, 1.54) is 12.1 Å². The monoisotopic (exact) mass is 447 g/mol. The molecule has 0 aliphatic carbocycles. The topological polar surface area (TPSA) is 62.2 Å². The van der Waals surface area contributed by atoms with Crippen LogP contribution < -0.4 is 4.90 Å². The first kappa shape index (κ1) is 22.8. The van der Waals surface area contributed by atoms with Crippen LogP contribution in [0.5, 0.6) is 0 Å². The molecule has 1 aliphatic rings. The Hall–Kier alpha value is -3.35. The van der Waals surface area contributed by atoms with E-state index in [0.717, 1.165) is 61.0 Å². The molecule has 6 nitrogen and oxygen atoms in total. The van der Waals surface area contributed by atoms with Crippen LogP contribution in [-0.4, -0.2) is 46.4 Å². The number of carbonyl (C=O) groups excluding carboxylic acids is 1. The van der Waals surface area contributed by atoms with Gasteiger partial charge in [-0.25, -0.2) is 14.4 Å². The van der Waals surface area contributed by atoms with E-state index in [9.17, 15) is 9.18 Å². The van der Waals surface area contributed by atoms with E-state index in [-0.39, 0.29) is 17.8 Å². The third-order valence-corrected chi connectivity index (χ3v) is 6.10. The number of carbonyl (C=O) groups is 1. The molecule has 3 heterocycles. The molecule has 0 N–H and O–H groups in total. The Kier molecular flexibility index (Phi) is 7.27. The third-order valence-electron chi connectivity index (χ3n) is 6.10. The van der Waals surface area contributed by atoms with E-state index in [0.29, 0.717) is 12.4 Å². The number of benzene rings is 1. The van der Waals surface area contributed by atoms with Crippen LogP contribution in [-0.2, 0) is 11.2 Å². The van der Waals surface area contributed by atoms with Crippen molar-refractivity contribution in [1.29, 1.82) is 0 Å². The van der Waals surface area contributed by atoms with Crippen molar-refractivity contribution in [2.45, 2.75) is 44.6 Å². The average molecular weight is 448 g/mol. The van der Waals surface area contributed by atoms with Crippen molar-refractivity contribution in [3.63, 3.8) is 0 Å². The molecule has 1 aliphatic heterocycles. The van der Waals surface area contributed by atoms with Gasteiger partial charge in [-0.2, -0.15) is 0 Å². The summed E-state index contributed by atoms with van der Waals surface area (Å²) in [5.41, 5.74) is 3.89. The van der Waals surface area contributed by atoms with Crippen molar-refractivity contribution in [3.8, 4) is 11.1 Å². The highest BCUT2D eigenvalue weighted by Gasteiger charge is 2.31. The number of aryl methyl sites for hydroxylation is 1. The Balaban J connectivity index is 1.56. The lowest BCUT2D eigenvalue weighted by Crippen LogP contribution is -2.39. The lowest BCUT2D eigenvalue weighted by atomic mass is 9.93. The number of aromatic nitrogens is 3. The fourth-order valence-electron chi connectivity index (χ4n) is 4.36. The Labute approximate surface area is 194 Å². The summed E-state index contributed by atoms with van der Waals surface area (Å²) in [6.07, 6.45) is 10.3. The molecule has 0 bridgehead atoms. The number of hydrogen-bond acceptors (Lipinski definition) is 5. The van der Waals surface area contributed by atoms with Gasteiger partial charge in [0.1, 0.15) is 5.82 Å². The Morgan fingerprint density at radius 1 is 1.12 bits per heavy atom. The molecule has 3 aromatic rings. The number of nitrogens with zero attached hydrogens (tertiary/aromatic N) is 5. The van der Waals surface area contributed by atoms with Crippen molar-refractivity contribution >= 4 is 11.9 Å². The fraction of sp³-hybridized carbons (Fsp3) is 0.385. The molecular weight excluding hydrogens is 417 g/mol. The van der Waals surface area contributed by atoms with Crippen LogP contribution in [0.4, 0.5) is 10.3 Å². The maximum atomic E-state index is 13.3. The van der Waals surface area contributed by atoms with Crippen molar-refractivity contribution in [3.05, 3.63) is 72.1 Å². The number of anilines is 1. The van der Waals surface area contributed by atoms with E-state index in [1.807, 2.05) is 42.2 Å². The summed E-state index contributed by atoms with van der Waals surface area (Å²) < 4.78 is 13.1. The number of amides is 1. The molecule has 1 saturated heterocycles. The normalized spacial score (nSPS) is 16.0. The highest BCUT2D eigenvalue weighted by molar-refractivity contribution is 5.77. The van der Waals surface area contributed by atoms with E-state index >= 15 is 0 Å². The van der Waals surface area contributed by atoms with Crippen LogP contribution in [0, 0.1) is 5.82 Å². The molecule has 1 aromatic carbocycles. The summed E-state index contributed by atoms with van der Waals surface area (Å²) in [6, 6.07) is 10.3. The van der Waals surface area contributed by atoms with Crippen LogP contribution >= 0.6 is 0 Å². The fourth-order valence-corrected chi connectivity index (χ4v) is 4.36. The SMILES string of the molecule is CN(C)c1ncc(-c2ccncc2)c([C@@H]2CCCCN2C(=O)CCCc2ccc(F)cc2)n1. The van der Waals surface area contributed by atoms with Gasteiger partial charge in [-0.15, -0.1) is 0 Å². The maximum absolute atomic E-state index is 13.3. The Morgan fingerprint density at radius 3 is 2.61 bits per heavy atom. The Morgan fingerprint density at radius 2 is 1.88 bits per heavy atom. The molecule has 33 heavy (non-hydrogen) atoms. The van der Waals surface area contributed by atoms with Gasteiger partial charge in [-0.1, -0.05) is 12.1 Å². The summed E-state index contributed by atoms with van der Waals surface area (Å²) in [4.78, 5) is 30.8. The largest absolute Gasteiger partial charge is 0.347 e. The molecule has 0 spiro atoms. The van der Waals surface area contributed by atoms with Crippen molar-refractivity contribution < 1.29 is 9.18 Å². The summed E-state index contributed by atoms with van der Waals surface area (Å²) in [5.74, 6) is 0.544. The van der Waals surface area contributed by atoms with Crippen LogP contribution in [0.1, 0.15) is 49.4 Å². The second-order valence-corrected chi connectivity index (χ2v) is 8.68. The van der Waals surface area contributed by atoms with Gasteiger partial charge >= 0.3 is 0 Å². The molecule has 172 valence electrons.